The van der Waals surface area contributed by atoms with Crippen molar-refractivity contribution in [1.82, 2.24) is 5.32 Å². The van der Waals surface area contributed by atoms with E-state index in [1.165, 1.54) is 0 Å². The van der Waals surface area contributed by atoms with Gasteiger partial charge in [0.05, 0.1) is 6.04 Å². The summed E-state index contributed by atoms with van der Waals surface area (Å²) in [6.07, 6.45) is 1.47. The Bertz CT molecular complexity index is 457. The Morgan fingerprint density at radius 2 is 1.74 bits per heavy atom. The van der Waals surface area contributed by atoms with Crippen molar-refractivity contribution in [3.8, 4) is 0 Å². The van der Waals surface area contributed by atoms with Gasteiger partial charge in [0.1, 0.15) is 0 Å². The number of nitrogens with one attached hydrogen (secondary N) is 1. The average molecular weight is 323 g/mol. The number of carboxylic acids is 1. The van der Waals surface area contributed by atoms with Crippen molar-refractivity contribution in [2.75, 3.05) is 13.2 Å². The summed E-state index contributed by atoms with van der Waals surface area (Å²) in [6.45, 7) is 8.14. The van der Waals surface area contributed by atoms with Crippen molar-refractivity contribution in [3.05, 3.63) is 35.9 Å². The lowest BCUT2D eigenvalue weighted by molar-refractivity contribution is -0.255. The molecule has 0 fully saturated rings. The number of hydrogen-bond donors (Lipinski definition) is 2. The van der Waals surface area contributed by atoms with Gasteiger partial charge in [-0.1, -0.05) is 43.7 Å². The minimum atomic E-state index is -1.66. The van der Waals surface area contributed by atoms with Crippen LogP contribution in [0.25, 0.3) is 0 Å². The summed E-state index contributed by atoms with van der Waals surface area (Å²) in [4.78, 5) is 11.9. The van der Waals surface area contributed by atoms with E-state index in [4.69, 9.17) is 9.47 Å². The van der Waals surface area contributed by atoms with Gasteiger partial charge >= 0.3 is 5.97 Å². The van der Waals surface area contributed by atoms with Gasteiger partial charge in [0.2, 0.25) is 0 Å². The lowest BCUT2D eigenvalue weighted by Gasteiger charge is -2.38. The van der Waals surface area contributed by atoms with Crippen molar-refractivity contribution < 1.29 is 19.4 Å². The monoisotopic (exact) mass is 323 g/mol. The molecule has 0 aliphatic heterocycles. The minimum absolute atomic E-state index is 0.00705. The average Bonchev–Trinajstić information content (AvgIpc) is 2.54. The first-order chi connectivity index (χ1) is 11.0. The predicted octanol–water partition coefficient (Wildman–Crippen LogP) is 3.36. The number of carboxylic acid groups (broad SMARTS) is 1. The molecule has 0 spiro atoms. The number of benzene rings is 1. The molecular weight excluding hydrogens is 294 g/mol. The summed E-state index contributed by atoms with van der Waals surface area (Å²) in [7, 11) is 0. The molecule has 0 bridgehead atoms. The van der Waals surface area contributed by atoms with Gasteiger partial charge in [-0.05, 0) is 32.8 Å². The fourth-order valence-corrected chi connectivity index (χ4v) is 2.76. The first-order valence-corrected chi connectivity index (χ1v) is 8.34. The van der Waals surface area contributed by atoms with Crippen LogP contribution < -0.4 is 5.32 Å². The van der Waals surface area contributed by atoms with Gasteiger partial charge in [0.15, 0.2) is 0 Å². The molecule has 2 atom stereocenters. The lowest BCUT2D eigenvalue weighted by Crippen LogP contribution is -2.60. The van der Waals surface area contributed by atoms with Crippen LogP contribution >= 0.6 is 0 Å². The molecule has 1 aromatic rings. The zero-order valence-electron chi connectivity index (χ0n) is 14.5. The van der Waals surface area contributed by atoms with Crippen LogP contribution in [-0.2, 0) is 14.3 Å². The molecule has 0 amide bonds. The molecule has 5 nitrogen and oxygen atoms in total. The second-order valence-corrected chi connectivity index (χ2v) is 5.48. The molecule has 0 aliphatic carbocycles. The molecular formula is C18H29NO4. The molecule has 0 saturated heterocycles. The van der Waals surface area contributed by atoms with Crippen LogP contribution in [0, 0.1) is 0 Å². The van der Waals surface area contributed by atoms with Crippen molar-refractivity contribution >= 4 is 5.97 Å². The van der Waals surface area contributed by atoms with Gasteiger partial charge in [0, 0.05) is 19.3 Å². The molecule has 0 unspecified atom stereocenters. The van der Waals surface area contributed by atoms with Crippen LogP contribution in [0.3, 0.4) is 0 Å². The molecule has 23 heavy (non-hydrogen) atoms. The Balaban J connectivity index is 3.06. The van der Waals surface area contributed by atoms with Gasteiger partial charge in [-0.15, -0.1) is 0 Å². The lowest BCUT2D eigenvalue weighted by atomic mass is 9.98. The van der Waals surface area contributed by atoms with Crippen LogP contribution in [0.5, 0.6) is 0 Å². The quantitative estimate of drug-likeness (QED) is 0.611. The number of carbonyl (C=O) groups is 1. The van der Waals surface area contributed by atoms with Gasteiger partial charge in [-0.3, -0.25) is 0 Å². The molecule has 1 aromatic carbocycles. The third kappa shape index (κ3) is 5.03. The van der Waals surface area contributed by atoms with E-state index in [1.807, 2.05) is 44.2 Å². The van der Waals surface area contributed by atoms with Crippen LogP contribution in [0.1, 0.15) is 52.1 Å². The molecule has 0 heterocycles. The van der Waals surface area contributed by atoms with Crippen LogP contribution in [-0.4, -0.2) is 36.1 Å². The van der Waals surface area contributed by atoms with Crippen molar-refractivity contribution in [2.24, 2.45) is 0 Å². The summed E-state index contributed by atoms with van der Waals surface area (Å²) in [6, 6.07) is 9.49. The topological polar surface area (TPSA) is 67.8 Å². The highest BCUT2D eigenvalue weighted by molar-refractivity contribution is 5.76. The second kappa shape index (κ2) is 9.65. The third-order valence-electron chi connectivity index (χ3n) is 3.80. The van der Waals surface area contributed by atoms with Gasteiger partial charge in [0.25, 0.3) is 5.79 Å². The predicted molar refractivity (Wildman–Crippen MR) is 90.3 cm³/mol. The Kier molecular flexibility index (Phi) is 8.23. The van der Waals surface area contributed by atoms with E-state index in [1.54, 1.807) is 13.8 Å². The normalized spacial score (nSPS) is 14.4. The highest BCUT2D eigenvalue weighted by Crippen LogP contribution is 2.26. The second-order valence-electron chi connectivity index (χ2n) is 5.48. The summed E-state index contributed by atoms with van der Waals surface area (Å²) in [5.41, 5.74) is 1.10. The minimum Gasteiger partial charge on any atom is -0.477 e. The third-order valence-corrected chi connectivity index (χ3v) is 3.80. The van der Waals surface area contributed by atoms with Crippen LogP contribution in [0.2, 0.25) is 0 Å². The highest BCUT2D eigenvalue weighted by Gasteiger charge is 2.48. The van der Waals surface area contributed by atoms with Crippen LogP contribution in [0.15, 0.2) is 30.3 Å². The van der Waals surface area contributed by atoms with E-state index in [0.717, 1.165) is 12.0 Å². The number of hydrogen-bond acceptors (Lipinski definition) is 4. The zero-order chi connectivity index (χ0) is 17.3. The first-order valence-electron chi connectivity index (χ1n) is 8.34. The summed E-state index contributed by atoms with van der Waals surface area (Å²) in [5.74, 6) is -2.75. The van der Waals surface area contributed by atoms with E-state index in [9.17, 15) is 9.90 Å². The fraction of sp³-hybridized carbons (Fsp3) is 0.611. The molecule has 0 radical (unpaired) electrons. The van der Waals surface area contributed by atoms with Crippen LogP contribution in [0.4, 0.5) is 0 Å². The summed E-state index contributed by atoms with van der Waals surface area (Å²) in [5, 5.41) is 13.2. The fourth-order valence-electron chi connectivity index (χ4n) is 2.76. The zero-order valence-corrected chi connectivity index (χ0v) is 14.5. The van der Waals surface area contributed by atoms with E-state index in [-0.39, 0.29) is 19.3 Å². The van der Waals surface area contributed by atoms with Gasteiger partial charge in [-0.2, -0.15) is 0 Å². The smallest absolute Gasteiger partial charge is 0.366 e. The van der Waals surface area contributed by atoms with Crippen molar-refractivity contribution in [3.63, 3.8) is 0 Å². The molecule has 1 rings (SSSR count). The molecule has 0 aromatic heterocycles. The Morgan fingerprint density at radius 3 is 2.17 bits per heavy atom. The van der Waals surface area contributed by atoms with E-state index in [0.29, 0.717) is 6.42 Å². The maximum atomic E-state index is 11.9. The summed E-state index contributed by atoms with van der Waals surface area (Å²) < 4.78 is 11.2. The maximum absolute atomic E-state index is 11.9. The number of ether oxygens (including phenoxy) is 2. The van der Waals surface area contributed by atoms with E-state index >= 15 is 0 Å². The molecule has 130 valence electrons. The Hall–Kier alpha value is -1.43. The highest BCUT2D eigenvalue weighted by atomic mass is 16.7. The SMILES string of the molecule is CCC[C@H](N[C@@H](C)c1ccccc1)C(OCC)(OCC)C(=O)O. The molecule has 5 heteroatoms. The van der Waals surface area contributed by atoms with Crippen molar-refractivity contribution in [2.45, 2.75) is 58.4 Å². The molecule has 2 N–H and O–H groups in total. The largest absolute Gasteiger partial charge is 0.477 e. The van der Waals surface area contributed by atoms with Crippen molar-refractivity contribution in [1.29, 1.82) is 0 Å². The summed E-state index contributed by atoms with van der Waals surface area (Å²) >= 11 is 0. The standard InChI is InChI=1S/C18H29NO4/c1-5-11-16(18(17(20)21,22-6-2)23-7-3)19-14(4)15-12-9-8-10-13-15/h8-10,12-14,16,19H,5-7,11H2,1-4H3,(H,20,21)/t14-,16-/m0/s1. The molecule has 0 aliphatic rings. The Morgan fingerprint density at radius 1 is 1.17 bits per heavy atom. The number of rotatable bonds is 11. The first kappa shape index (κ1) is 19.6. The number of aliphatic carboxylic acids is 1. The van der Waals surface area contributed by atoms with E-state index < -0.39 is 17.8 Å². The Labute approximate surface area is 139 Å². The molecule has 0 saturated carbocycles. The van der Waals surface area contributed by atoms with E-state index in [2.05, 4.69) is 5.32 Å². The van der Waals surface area contributed by atoms with Gasteiger partial charge < -0.3 is 19.9 Å². The maximum Gasteiger partial charge on any atom is 0.366 e. The van der Waals surface area contributed by atoms with Gasteiger partial charge in [-0.25, -0.2) is 4.79 Å².